The van der Waals surface area contributed by atoms with Crippen LogP contribution in [0.1, 0.15) is 74.8 Å². The van der Waals surface area contributed by atoms with Gasteiger partial charge in [0.25, 0.3) is 5.91 Å². The van der Waals surface area contributed by atoms with Crippen LogP contribution in [-0.4, -0.2) is 46.4 Å². The number of nitrogens with two attached hydrogens (primary N) is 1. The molecule has 0 aromatic heterocycles. The Hall–Kier alpha value is -3.88. The van der Waals surface area contributed by atoms with Crippen molar-refractivity contribution in [1.82, 2.24) is 10.2 Å². The molecule has 0 spiro atoms. The molecule has 1 saturated carbocycles. The molecule has 1 fully saturated rings. The number of carbonyl (C=O) groups excluding carboxylic acids is 4. The Morgan fingerprint density at radius 1 is 1.00 bits per heavy atom. The number of para-hydroxylation sites is 1. The first-order chi connectivity index (χ1) is 18.3. The molecule has 2 atom stereocenters. The van der Waals surface area contributed by atoms with Crippen LogP contribution in [-0.2, 0) is 19.1 Å². The molecule has 4 amide bonds. The normalized spacial score (nSPS) is 14.6. The van der Waals surface area contributed by atoms with E-state index in [1.165, 1.54) is 0 Å². The van der Waals surface area contributed by atoms with Crippen molar-refractivity contribution in [3.05, 3.63) is 64.7 Å². The van der Waals surface area contributed by atoms with Crippen LogP contribution >= 0.6 is 0 Å². The molecule has 210 valence electrons. The lowest BCUT2D eigenvalue weighted by atomic mass is 9.99. The van der Waals surface area contributed by atoms with Crippen LogP contribution in [0.5, 0.6) is 0 Å². The minimum Gasteiger partial charge on any atom is -0.444 e. The van der Waals surface area contributed by atoms with Crippen molar-refractivity contribution in [3.63, 3.8) is 0 Å². The number of benzene rings is 2. The summed E-state index contributed by atoms with van der Waals surface area (Å²) in [4.78, 5) is 53.9. The third-order valence-corrected chi connectivity index (χ3v) is 6.51. The van der Waals surface area contributed by atoms with Gasteiger partial charge in [0, 0.05) is 18.2 Å². The number of primary amides is 1. The molecule has 2 aromatic rings. The van der Waals surface area contributed by atoms with Crippen molar-refractivity contribution in [3.8, 4) is 0 Å². The molecule has 0 bridgehead atoms. The Labute approximate surface area is 230 Å². The van der Waals surface area contributed by atoms with E-state index in [2.05, 4.69) is 10.6 Å². The molecular weight excluding hydrogens is 496 g/mol. The number of hydrogen-bond donors (Lipinski definition) is 3. The van der Waals surface area contributed by atoms with Gasteiger partial charge in [-0.2, -0.15) is 0 Å². The summed E-state index contributed by atoms with van der Waals surface area (Å²) in [5.41, 5.74) is 8.76. The van der Waals surface area contributed by atoms with Gasteiger partial charge in [0.15, 0.2) is 0 Å². The molecule has 9 nitrogen and oxygen atoms in total. The highest BCUT2D eigenvalue weighted by atomic mass is 16.6. The number of aryl methyl sites for hydroxylation is 3. The zero-order valence-electron chi connectivity index (χ0n) is 23.7. The quantitative estimate of drug-likeness (QED) is 0.413. The van der Waals surface area contributed by atoms with Crippen LogP contribution in [0.3, 0.4) is 0 Å². The third-order valence-electron chi connectivity index (χ3n) is 6.51. The smallest absolute Gasteiger partial charge is 0.408 e. The lowest BCUT2D eigenvalue weighted by Crippen LogP contribution is -2.53. The summed E-state index contributed by atoms with van der Waals surface area (Å²) in [5, 5.41) is 5.67. The summed E-state index contributed by atoms with van der Waals surface area (Å²) in [6.07, 6.45) is 0.525. The van der Waals surface area contributed by atoms with E-state index in [0.29, 0.717) is 11.3 Å². The standard InChI is InChI=1S/C30H40N4O5/c1-18-10-12-21(13-11-18)26(27(36)33-25-19(2)8-7-9-20(25)3)34(22-14-15-22)28(37)23(16-17-24(31)35)32-29(38)39-30(4,5)6/h7-13,22-23,26H,14-17H2,1-6H3,(H2,31,35)(H,32,38)(H,33,36). The summed E-state index contributed by atoms with van der Waals surface area (Å²) in [5.74, 6) is -1.42. The van der Waals surface area contributed by atoms with Crippen LogP contribution in [0.25, 0.3) is 0 Å². The predicted octanol–water partition coefficient (Wildman–Crippen LogP) is 4.44. The summed E-state index contributed by atoms with van der Waals surface area (Å²) in [6, 6.07) is 11.0. The Morgan fingerprint density at radius 3 is 2.10 bits per heavy atom. The largest absolute Gasteiger partial charge is 0.444 e. The third kappa shape index (κ3) is 8.30. The topological polar surface area (TPSA) is 131 Å². The van der Waals surface area contributed by atoms with Crippen LogP contribution in [0.15, 0.2) is 42.5 Å². The molecule has 0 aliphatic heterocycles. The zero-order chi connectivity index (χ0) is 28.9. The average Bonchev–Trinajstić information content (AvgIpc) is 3.66. The molecular formula is C30H40N4O5. The fraction of sp³-hybridized carbons (Fsp3) is 0.467. The van der Waals surface area contributed by atoms with E-state index in [4.69, 9.17) is 10.5 Å². The molecule has 0 heterocycles. The minimum atomic E-state index is -1.10. The number of ether oxygens (including phenoxy) is 1. The van der Waals surface area contributed by atoms with Gasteiger partial charge in [0.05, 0.1) is 0 Å². The van der Waals surface area contributed by atoms with Crippen molar-refractivity contribution < 1.29 is 23.9 Å². The number of hydrogen-bond acceptors (Lipinski definition) is 5. The molecule has 2 aromatic carbocycles. The van der Waals surface area contributed by atoms with Gasteiger partial charge < -0.3 is 26.0 Å². The van der Waals surface area contributed by atoms with Crippen molar-refractivity contribution in [2.75, 3.05) is 5.32 Å². The lowest BCUT2D eigenvalue weighted by Gasteiger charge is -2.35. The van der Waals surface area contributed by atoms with Gasteiger partial charge in [0.1, 0.15) is 17.7 Å². The van der Waals surface area contributed by atoms with Crippen LogP contribution in [0.4, 0.5) is 10.5 Å². The highest BCUT2D eigenvalue weighted by Crippen LogP contribution is 2.37. The monoisotopic (exact) mass is 536 g/mol. The first-order valence-corrected chi connectivity index (χ1v) is 13.3. The maximum atomic E-state index is 14.1. The Kier molecular flexibility index (Phi) is 9.37. The molecule has 2 unspecified atom stereocenters. The SMILES string of the molecule is Cc1ccc(C(C(=O)Nc2c(C)cccc2C)N(C(=O)C(CCC(N)=O)NC(=O)OC(C)(C)C)C2CC2)cc1. The molecule has 1 aliphatic rings. The molecule has 3 rings (SSSR count). The number of alkyl carbamates (subject to hydrolysis) is 1. The second-order valence-electron chi connectivity index (χ2n) is 11.2. The number of amides is 4. The highest BCUT2D eigenvalue weighted by Gasteiger charge is 2.44. The van der Waals surface area contributed by atoms with Gasteiger partial charge in [-0.1, -0.05) is 48.0 Å². The summed E-state index contributed by atoms with van der Waals surface area (Å²) < 4.78 is 5.38. The number of anilines is 1. The van der Waals surface area contributed by atoms with Gasteiger partial charge in [-0.05, 0) is 77.5 Å². The predicted molar refractivity (Wildman–Crippen MR) is 150 cm³/mol. The van der Waals surface area contributed by atoms with Crippen LogP contribution in [0, 0.1) is 20.8 Å². The maximum Gasteiger partial charge on any atom is 0.408 e. The Bertz CT molecular complexity index is 1190. The number of nitrogens with zero attached hydrogens (tertiary/aromatic N) is 1. The fourth-order valence-corrected chi connectivity index (χ4v) is 4.43. The molecule has 9 heteroatoms. The van der Waals surface area contributed by atoms with Crippen LogP contribution < -0.4 is 16.4 Å². The Balaban J connectivity index is 2.01. The van der Waals surface area contributed by atoms with E-state index < -0.39 is 35.6 Å². The van der Waals surface area contributed by atoms with Gasteiger partial charge >= 0.3 is 6.09 Å². The van der Waals surface area contributed by atoms with Crippen molar-refractivity contribution in [2.24, 2.45) is 5.73 Å². The first kappa shape index (κ1) is 29.7. The number of carbonyl (C=O) groups is 4. The number of rotatable bonds is 10. The summed E-state index contributed by atoms with van der Waals surface area (Å²) >= 11 is 0. The van der Waals surface area contributed by atoms with Gasteiger partial charge in [-0.15, -0.1) is 0 Å². The summed E-state index contributed by atoms with van der Waals surface area (Å²) in [7, 11) is 0. The van der Waals surface area contributed by atoms with E-state index in [-0.39, 0.29) is 24.8 Å². The highest BCUT2D eigenvalue weighted by molar-refractivity contribution is 6.00. The van der Waals surface area contributed by atoms with Crippen molar-refractivity contribution in [2.45, 2.75) is 91.0 Å². The van der Waals surface area contributed by atoms with Crippen LogP contribution in [0.2, 0.25) is 0 Å². The zero-order valence-corrected chi connectivity index (χ0v) is 23.7. The minimum absolute atomic E-state index is 0.0181. The lowest BCUT2D eigenvalue weighted by molar-refractivity contribution is -0.141. The van der Waals surface area contributed by atoms with E-state index in [9.17, 15) is 19.2 Å². The molecule has 39 heavy (non-hydrogen) atoms. The van der Waals surface area contributed by atoms with E-state index in [1.807, 2.05) is 63.2 Å². The molecule has 4 N–H and O–H groups in total. The second-order valence-corrected chi connectivity index (χ2v) is 11.2. The molecule has 0 saturated heterocycles. The Morgan fingerprint density at radius 2 is 1.59 bits per heavy atom. The fourth-order valence-electron chi connectivity index (χ4n) is 4.43. The average molecular weight is 537 g/mol. The second kappa shape index (κ2) is 12.3. The van der Waals surface area contributed by atoms with Gasteiger partial charge in [-0.3, -0.25) is 14.4 Å². The molecule has 1 aliphatic carbocycles. The molecule has 0 radical (unpaired) electrons. The van der Waals surface area contributed by atoms with Crippen molar-refractivity contribution >= 4 is 29.5 Å². The van der Waals surface area contributed by atoms with Gasteiger partial charge in [0.2, 0.25) is 11.8 Å². The van der Waals surface area contributed by atoms with Crippen molar-refractivity contribution in [1.29, 1.82) is 0 Å². The van der Waals surface area contributed by atoms with E-state index in [1.54, 1.807) is 25.7 Å². The maximum absolute atomic E-state index is 14.1. The first-order valence-electron chi connectivity index (χ1n) is 13.3. The van der Waals surface area contributed by atoms with Gasteiger partial charge in [-0.25, -0.2) is 4.79 Å². The van der Waals surface area contributed by atoms with E-state index in [0.717, 1.165) is 29.5 Å². The van der Waals surface area contributed by atoms with E-state index >= 15 is 0 Å². The summed E-state index contributed by atoms with van der Waals surface area (Å²) in [6.45, 7) is 10.9. The number of nitrogens with one attached hydrogen (secondary N) is 2.